The maximum atomic E-state index is 12.4. The van der Waals surface area contributed by atoms with Gasteiger partial charge in [0.05, 0.1) is 6.61 Å². The Kier molecular flexibility index (Phi) is 8.73. The molecule has 7 heteroatoms. The number of piperidine rings is 1. The van der Waals surface area contributed by atoms with Crippen LogP contribution in [0.5, 0.6) is 0 Å². The molecule has 2 N–H and O–H groups in total. The molecule has 0 aromatic carbocycles. The summed E-state index contributed by atoms with van der Waals surface area (Å²) in [6.07, 6.45) is 2.96. The van der Waals surface area contributed by atoms with Crippen LogP contribution >= 0.6 is 0 Å². The minimum absolute atomic E-state index is 0.0628. The topological polar surface area (TPSA) is 70.7 Å². The van der Waals surface area contributed by atoms with Crippen LogP contribution in [0.2, 0.25) is 0 Å². The van der Waals surface area contributed by atoms with Gasteiger partial charge in [-0.2, -0.15) is 17.4 Å². The van der Waals surface area contributed by atoms with Gasteiger partial charge in [-0.25, -0.2) is 0 Å². The zero-order valence-corrected chi connectivity index (χ0v) is 14.4. The van der Waals surface area contributed by atoms with Gasteiger partial charge < -0.3 is 10.1 Å². The van der Waals surface area contributed by atoms with E-state index in [1.807, 2.05) is 6.92 Å². The normalized spacial score (nSPS) is 21.0. The van der Waals surface area contributed by atoms with Gasteiger partial charge in [-0.15, -0.1) is 0 Å². The average molecular weight is 321 g/mol. The Hall–Kier alpha value is -0.210. The fourth-order valence-corrected chi connectivity index (χ4v) is 3.90. The van der Waals surface area contributed by atoms with Gasteiger partial charge in [0.1, 0.15) is 0 Å². The predicted molar refractivity (Wildman–Crippen MR) is 85.5 cm³/mol. The fraction of sp³-hybridized carbons (Fsp3) is 1.00. The molecular weight excluding hydrogens is 290 g/mol. The van der Waals surface area contributed by atoms with Crippen LogP contribution in [0.15, 0.2) is 0 Å². The van der Waals surface area contributed by atoms with E-state index >= 15 is 0 Å². The second-order valence-electron chi connectivity index (χ2n) is 5.94. The molecule has 0 saturated carbocycles. The first-order valence-electron chi connectivity index (χ1n) is 8.02. The summed E-state index contributed by atoms with van der Waals surface area (Å²) in [6.45, 7) is 9.79. The lowest BCUT2D eigenvalue weighted by atomic mass is 10.1. The van der Waals surface area contributed by atoms with Crippen molar-refractivity contribution in [1.82, 2.24) is 14.3 Å². The Morgan fingerprint density at radius 2 is 2.10 bits per heavy atom. The van der Waals surface area contributed by atoms with Gasteiger partial charge in [0.25, 0.3) is 10.2 Å². The summed E-state index contributed by atoms with van der Waals surface area (Å²) in [5, 5.41) is 3.25. The van der Waals surface area contributed by atoms with Crippen LogP contribution in [0.25, 0.3) is 0 Å². The lowest BCUT2D eigenvalue weighted by Crippen LogP contribution is -2.52. The second kappa shape index (κ2) is 9.74. The molecular formula is C14H31N3O3S. The molecule has 1 saturated heterocycles. The molecule has 1 rings (SSSR count). The first-order chi connectivity index (χ1) is 9.97. The number of hydrogen-bond acceptors (Lipinski definition) is 4. The number of likely N-dealkylation sites (N-methyl/N-ethyl adjacent to an activating group) is 1. The van der Waals surface area contributed by atoms with Crippen LogP contribution < -0.4 is 10.0 Å². The Morgan fingerprint density at radius 3 is 2.76 bits per heavy atom. The molecule has 1 atom stereocenters. The van der Waals surface area contributed by atoms with Crippen molar-refractivity contribution in [3.05, 3.63) is 0 Å². The zero-order chi connectivity index (χ0) is 15.7. The largest absolute Gasteiger partial charge is 0.380 e. The van der Waals surface area contributed by atoms with Crippen molar-refractivity contribution in [2.75, 3.05) is 39.4 Å². The van der Waals surface area contributed by atoms with Crippen molar-refractivity contribution in [1.29, 1.82) is 0 Å². The highest BCUT2D eigenvalue weighted by atomic mass is 32.2. The lowest BCUT2D eigenvalue weighted by Gasteiger charge is -2.34. The summed E-state index contributed by atoms with van der Waals surface area (Å²) >= 11 is 0. The second-order valence-corrected chi connectivity index (χ2v) is 7.64. The Labute approximate surface area is 129 Å². The van der Waals surface area contributed by atoms with E-state index < -0.39 is 10.2 Å². The van der Waals surface area contributed by atoms with Gasteiger partial charge in [0.2, 0.25) is 0 Å². The highest BCUT2D eigenvalue weighted by molar-refractivity contribution is 7.87. The molecule has 1 unspecified atom stereocenters. The summed E-state index contributed by atoms with van der Waals surface area (Å²) in [4.78, 5) is 0. The molecule has 0 aromatic rings. The molecule has 0 amide bonds. The summed E-state index contributed by atoms with van der Waals surface area (Å²) < 4.78 is 34.5. The highest BCUT2D eigenvalue weighted by Gasteiger charge is 2.31. The molecule has 0 bridgehead atoms. The summed E-state index contributed by atoms with van der Waals surface area (Å²) in [5.74, 6) is 0.466. The average Bonchev–Trinajstić information content (AvgIpc) is 2.44. The summed E-state index contributed by atoms with van der Waals surface area (Å²) in [6, 6.07) is 0.0628. The molecule has 1 heterocycles. The fourth-order valence-electron chi connectivity index (χ4n) is 2.45. The highest BCUT2D eigenvalue weighted by Crippen LogP contribution is 2.19. The molecule has 0 spiro atoms. The number of nitrogens with zero attached hydrogens (tertiary/aromatic N) is 1. The maximum absolute atomic E-state index is 12.4. The van der Waals surface area contributed by atoms with Gasteiger partial charge in [-0.3, -0.25) is 0 Å². The Bertz CT molecular complexity index is 374. The van der Waals surface area contributed by atoms with Crippen LogP contribution in [-0.2, 0) is 14.9 Å². The number of rotatable bonds is 10. The van der Waals surface area contributed by atoms with Crippen LogP contribution in [0, 0.1) is 5.92 Å². The van der Waals surface area contributed by atoms with E-state index in [2.05, 4.69) is 23.9 Å². The summed E-state index contributed by atoms with van der Waals surface area (Å²) in [7, 11) is -3.40. The lowest BCUT2D eigenvalue weighted by molar-refractivity contribution is 0.114. The first kappa shape index (κ1) is 18.8. The van der Waals surface area contributed by atoms with Gasteiger partial charge in [0, 0.05) is 32.3 Å². The molecule has 6 nitrogen and oxygen atoms in total. The molecule has 21 heavy (non-hydrogen) atoms. The molecule has 0 radical (unpaired) electrons. The Morgan fingerprint density at radius 1 is 1.33 bits per heavy atom. The van der Waals surface area contributed by atoms with E-state index in [4.69, 9.17) is 4.74 Å². The summed E-state index contributed by atoms with van der Waals surface area (Å²) in [5.41, 5.74) is 0. The van der Waals surface area contributed by atoms with E-state index in [9.17, 15) is 8.42 Å². The zero-order valence-electron chi connectivity index (χ0n) is 13.6. The minimum atomic E-state index is -3.40. The van der Waals surface area contributed by atoms with Crippen LogP contribution in [-0.4, -0.2) is 58.2 Å². The third kappa shape index (κ3) is 7.06. The van der Waals surface area contributed by atoms with E-state index in [0.717, 1.165) is 32.4 Å². The first-order valence-corrected chi connectivity index (χ1v) is 9.46. The molecule has 1 fully saturated rings. The molecule has 0 aliphatic carbocycles. The van der Waals surface area contributed by atoms with Gasteiger partial charge >= 0.3 is 0 Å². The van der Waals surface area contributed by atoms with Crippen molar-refractivity contribution >= 4 is 10.2 Å². The van der Waals surface area contributed by atoms with Gasteiger partial charge in [-0.05, 0) is 25.3 Å². The van der Waals surface area contributed by atoms with Gasteiger partial charge in [0.15, 0.2) is 0 Å². The van der Waals surface area contributed by atoms with E-state index in [-0.39, 0.29) is 6.04 Å². The van der Waals surface area contributed by atoms with Crippen LogP contribution in [0.3, 0.4) is 0 Å². The van der Waals surface area contributed by atoms with Crippen LogP contribution in [0.4, 0.5) is 0 Å². The van der Waals surface area contributed by atoms with Gasteiger partial charge in [-0.1, -0.05) is 27.2 Å². The smallest absolute Gasteiger partial charge is 0.279 e. The minimum Gasteiger partial charge on any atom is -0.380 e. The van der Waals surface area contributed by atoms with Crippen LogP contribution in [0.1, 0.15) is 40.0 Å². The monoisotopic (exact) mass is 321 g/mol. The SMILES string of the molecule is CCNCC1CCCCN1S(=O)(=O)NCCOCC(C)C. The molecule has 0 aromatic heterocycles. The number of nitrogens with one attached hydrogen (secondary N) is 2. The molecule has 1 aliphatic heterocycles. The van der Waals surface area contributed by atoms with E-state index in [0.29, 0.717) is 32.2 Å². The van der Waals surface area contributed by atoms with E-state index in [1.165, 1.54) is 0 Å². The van der Waals surface area contributed by atoms with Crippen molar-refractivity contribution in [2.24, 2.45) is 5.92 Å². The quantitative estimate of drug-likeness (QED) is 0.588. The molecule has 1 aliphatic rings. The third-order valence-corrected chi connectivity index (χ3v) is 5.16. The Balaban J connectivity index is 2.42. The number of hydrogen-bond donors (Lipinski definition) is 2. The number of ether oxygens (including phenoxy) is 1. The predicted octanol–water partition coefficient (Wildman–Crippen LogP) is 0.957. The van der Waals surface area contributed by atoms with Crippen molar-refractivity contribution in [3.63, 3.8) is 0 Å². The standard InChI is InChI=1S/C14H31N3O3S/c1-4-15-11-14-7-5-6-9-17(14)21(18,19)16-8-10-20-12-13(2)3/h13-16H,4-12H2,1-3H3. The van der Waals surface area contributed by atoms with Crippen molar-refractivity contribution < 1.29 is 13.2 Å². The third-order valence-electron chi connectivity index (χ3n) is 3.49. The van der Waals surface area contributed by atoms with Crippen molar-refractivity contribution in [3.8, 4) is 0 Å². The van der Waals surface area contributed by atoms with E-state index in [1.54, 1.807) is 4.31 Å². The van der Waals surface area contributed by atoms with Crippen molar-refractivity contribution in [2.45, 2.75) is 46.1 Å². The maximum Gasteiger partial charge on any atom is 0.279 e. The molecule has 126 valence electrons.